The number of aryl methyl sites for hydroxylation is 2. The van der Waals surface area contributed by atoms with Gasteiger partial charge in [0.1, 0.15) is 10.5 Å². The number of nitrogens with zero attached hydrogens (tertiary/aromatic N) is 1. The first kappa shape index (κ1) is 25.4. The highest BCUT2D eigenvalue weighted by atomic mass is 35.5. The maximum atomic E-state index is 13.1. The molecular formula is C25H18Cl2N2O6S. The number of amides is 4. The van der Waals surface area contributed by atoms with Gasteiger partial charge in [-0.1, -0.05) is 35.3 Å². The van der Waals surface area contributed by atoms with Gasteiger partial charge in [0.05, 0.1) is 10.7 Å². The lowest BCUT2D eigenvalue weighted by molar-refractivity contribution is -0.122. The highest BCUT2D eigenvalue weighted by molar-refractivity contribution is 7.87. The Morgan fingerprint density at radius 2 is 1.58 bits per heavy atom. The van der Waals surface area contributed by atoms with E-state index in [4.69, 9.17) is 27.4 Å². The SMILES string of the molecule is Cc1ccc(N2C(=O)NC(=O)/C(=C\c3ccc(OS(=O)(=O)c4ccc(Cl)cc4)c(Cl)c3)C2=O)cc1C. The number of rotatable bonds is 5. The third-order valence-corrected chi connectivity index (χ3v) is 7.21. The number of hydrogen-bond acceptors (Lipinski definition) is 6. The Balaban J connectivity index is 1.62. The normalized spacial score (nSPS) is 15.3. The Hall–Kier alpha value is -3.66. The molecule has 184 valence electrons. The van der Waals surface area contributed by atoms with Crippen LogP contribution in [0.5, 0.6) is 5.75 Å². The minimum absolute atomic E-state index is 0.0763. The molecule has 0 saturated carbocycles. The van der Waals surface area contributed by atoms with Gasteiger partial charge in [0.25, 0.3) is 11.8 Å². The lowest BCUT2D eigenvalue weighted by Gasteiger charge is -2.26. The number of nitrogens with one attached hydrogen (secondary N) is 1. The molecule has 1 saturated heterocycles. The van der Waals surface area contributed by atoms with E-state index in [1.165, 1.54) is 48.5 Å². The number of halogens is 2. The minimum Gasteiger partial charge on any atom is -0.377 e. The molecule has 0 spiro atoms. The second-order valence-corrected chi connectivity index (χ2v) is 10.3. The first-order valence-electron chi connectivity index (χ1n) is 10.4. The number of carbonyl (C=O) groups is 3. The molecular weight excluding hydrogens is 527 g/mol. The van der Waals surface area contributed by atoms with Crippen LogP contribution in [0, 0.1) is 13.8 Å². The molecule has 11 heteroatoms. The summed E-state index contributed by atoms with van der Waals surface area (Å²) in [6, 6.07) is 13.6. The van der Waals surface area contributed by atoms with Gasteiger partial charge < -0.3 is 4.18 Å². The molecule has 0 bridgehead atoms. The van der Waals surface area contributed by atoms with Crippen LogP contribution < -0.4 is 14.4 Å². The largest absolute Gasteiger partial charge is 0.377 e. The van der Waals surface area contributed by atoms with Gasteiger partial charge in [-0.05, 0) is 85.1 Å². The van der Waals surface area contributed by atoms with Crippen molar-refractivity contribution in [1.29, 1.82) is 0 Å². The molecule has 1 heterocycles. The van der Waals surface area contributed by atoms with Gasteiger partial charge >= 0.3 is 16.1 Å². The molecule has 36 heavy (non-hydrogen) atoms. The third-order valence-electron chi connectivity index (χ3n) is 5.42. The number of benzene rings is 3. The Bertz CT molecular complexity index is 1550. The lowest BCUT2D eigenvalue weighted by Crippen LogP contribution is -2.54. The summed E-state index contributed by atoms with van der Waals surface area (Å²) in [6.45, 7) is 3.73. The average molecular weight is 545 g/mol. The molecule has 1 aliphatic rings. The number of imide groups is 2. The predicted molar refractivity (Wildman–Crippen MR) is 136 cm³/mol. The second-order valence-electron chi connectivity index (χ2n) is 7.91. The fourth-order valence-corrected chi connectivity index (χ4v) is 4.71. The second kappa shape index (κ2) is 9.77. The maximum absolute atomic E-state index is 13.1. The number of carbonyl (C=O) groups excluding carboxylic acids is 3. The molecule has 0 atom stereocenters. The third kappa shape index (κ3) is 5.13. The quantitative estimate of drug-likeness (QED) is 0.273. The fourth-order valence-electron chi connectivity index (χ4n) is 3.37. The average Bonchev–Trinajstić information content (AvgIpc) is 2.81. The molecule has 8 nitrogen and oxygen atoms in total. The smallest absolute Gasteiger partial charge is 0.339 e. The Kier molecular flexibility index (Phi) is 6.90. The lowest BCUT2D eigenvalue weighted by atomic mass is 10.1. The van der Waals surface area contributed by atoms with Crippen LogP contribution in [0.4, 0.5) is 10.5 Å². The number of hydrogen-bond donors (Lipinski definition) is 1. The van der Waals surface area contributed by atoms with Gasteiger partial charge in [-0.25, -0.2) is 9.69 Å². The number of barbiturate groups is 1. The monoisotopic (exact) mass is 544 g/mol. The Labute approximate surface area is 217 Å². The van der Waals surface area contributed by atoms with Crippen molar-refractivity contribution in [2.24, 2.45) is 0 Å². The Morgan fingerprint density at radius 1 is 0.889 bits per heavy atom. The fraction of sp³-hybridized carbons (Fsp3) is 0.0800. The van der Waals surface area contributed by atoms with Crippen molar-refractivity contribution < 1.29 is 27.0 Å². The maximum Gasteiger partial charge on any atom is 0.339 e. The van der Waals surface area contributed by atoms with Crippen molar-refractivity contribution in [3.63, 3.8) is 0 Å². The topological polar surface area (TPSA) is 110 Å². The summed E-state index contributed by atoms with van der Waals surface area (Å²) in [6.07, 6.45) is 1.25. The van der Waals surface area contributed by atoms with E-state index in [-0.39, 0.29) is 21.2 Å². The van der Waals surface area contributed by atoms with Crippen LogP contribution in [0.2, 0.25) is 10.0 Å². The van der Waals surface area contributed by atoms with Crippen LogP contribution in [-0.2, 0) is 19.7 Å². The number of anilines is 1. The van der Waals surface area contributed by atoms with Crippen LogP contribution in [0.15, 0.2) is 71.1 Å². The van der Waals surface area contributed by atoms with Gasteiger partial charge in [-0.15, -0.1) is 0 Å². The summed E-state index contributed by atoms with van der Waals surface area (Å²) in [7, 11) is -4.18. The van der Waals surface area contributed by atoms with Crippen LogP contribution in [0.1, 0.15) is 16.7 Å². The van der Waals surface area contributed by atoms with Crippen LogP contribution in [0.3, 0.4) is 0 Å². The summed E-state index contributed by atoms with van der Waals surface area (Å²) >= 11 is 12.0. The van der Waals surface area contributed by atoms with Gasteiger partial charge in [0, 0.05) is 5.02 Å². The van der Waals surface area contributed by atoms with E-state index in [1.807, 2.05) is 13.8 Å². The minimum atomic E-state index is -4.18. The van der Waals surface area contributed by atoms with Crippen LogP contribution in [0.25, 0.3) is 6.08 Å². The summed E-state index contributed by atoms with van der Waals surface area (Å²) in [5.41, 5.74) is 2.17. The van der Waals surface area contributed by atoms with Crippen LogP contribution >= 0.6 is 23.2 Å². The zero-order valence-corrected chi connectivity index (χ0v) is 21.2. The van der Waals surface area contributed by atoms with E-state index < -0.39 is 28.0 Å². The molecule has 1 N–H and O–H groups in total. The molecule has 3 aromatic rings. The van der Waals surface area contributed by atoms with Crippen molar-refractivity contribution in [1.82, 2.24) is 5.32 Å². The molecule has 0 radical (unpaired) electrons. The highest BCUT2D eigenvalue weighted by Crippen LogP contribution is 2.30. The van der Waals surface area contributed by atoms with Crippen molar-refractivity contribution in [2.75, 3.05) is 4.90 Å². The van der Waals surface area contributed by atoms with Crippen molar-refractivity contribution >= 4 is 62.9 Å². The highest BCUT2D eigenvalue weighted by Gasteiger charge is 2.37. The van der Waals surface area contributed by atoms with Crippen molar-refractivity contribution in [3.8, 4) is 5.75 Å². The van der Waals surface area contributed by atoms with E-state index in [0.717, 1.165) is 16.0 Å². The molecule has 3 aromatic carbocycles. The predicted octanol–water partition coefficient (Wildman–Crippen LogP) is 5.04. The zero-order chi connectivity index (χ0) is 26.2. The van der Waals surface area contributed by atoms with Gasteiger partial charge in [0.15, 0.2) is 5.75 Å². The molecule has 0 aliphatic carbocycles. The molecule has 1 aliphatic heterocycles. The summed E-state index contributed by atoms with van der Waals surface area (Å²) < 4.78 is 30.2. The molecule has 4 amide bonds. The first-order valence-corrected chi connectivity index (χ1v) is 12.6. The van der Waals surface area contributed by atoms with E-state index >= 15 is 0 Å². The van der Waals surface area contributed by atoms with E-state index in [9.17, 15) is 22.8 Å². The zero-order valence-electron chi connectivity index (χ0n) is 18.9. The standard InChI is InChI=1S/C25H18Cl2N2O6S/c1-14-3-7-18(11-15(14)2)29-24(31)20(23(30)28-25(29)32)12-16-4-10-22(21(27)13-16)35-36(33,34)19-8-5-17(26)6-9-19/h3-13H,1-2H3,(H,28,30,32)/b20-12+. The van der Waals surface area contributed by atoms with Crippen molar-refractivity contribution in [3.05, 3.63) is 93.0 Å². The summed E-state index contributed by atoms with van der Waals surface area (Å²) in [4.78, 5) is 38.7. The molecule has 0 unspecified atom stereocenters. The number of urea groups is 1. The van der Waals surface area contributed by atoms with E-state index in [1.54, 1.807) is 18.2 Å². The molecule has 4 rings (SSSR count). The van der Waals surface area contributed by atoms with Crippen molar-refractivity contribution in [2.45, 2.75) is 18.7 Å². The van der Waals surface area contributed by atoms with Gasteiger partial charge in [-0.2, -0.15) is 8.42 Å². The Morgan fingerprint density at radius 3 is 2.22 bits per heavy atom. The molecule has 1 fully saturated rings. The van der Waals surface area contributed by atoms with Gasteiger partial charge in [-0.3, -0.25) is 14.9 Å². The first-order chi connectivity index (χ1) is 17.0. The summed E-state index contributed by atoms with van der Waals surface area (Å²) in [5.74, 6) is -1.83. The van der Waals surface area contributed by atoms with Gasteiger partial charge in [0.2, 0.25) is 0 Å². The van der Waals surface area contributed by atoms with E-state index in [2.05, 4.69) is 5.32 Å². The summed E-state index contributed by atoms with van der Waals surface area (Å²) in [5, 5.41) is 2.44. The molecule has 0 aromatic heterocycles. The van der Waals surface area contributed by atoms with E-state index in [0.29, 0.717) is 16.3 Å². The van der Waals surface area contributed by atoms with Crippen LogP contribution in [-0.4, -0.2) is 26.3 Å².